The molecular formula is C25H29Cl2N3O5. The van der Waals surface area contributed by atoms with Crippen LogP contribution < -0.4 is 20.3 Å². The van der Waals surface area contributed by atoms with Gasteiger partial charge in [-0.2, -0.15) is 0 Å². The number of nitrogens with zero attached hydrogens (tertiary/aromatic N) is 2. The molecule has 0 radical (unpaired) electrons. The first-order chi connectivity index (χ1) is 16.8. The third-order valence-corrected chi connectivity index (χ3v) is 5.89. The predicted octanol–water partition coefficient (Wildman–Crippen LogP) is 3.75. The van der Waals surface area contributed by atoms with Gasteiger partial charge in [-0.05, 0) is 31.5 Å². The number of esters is 1. The van der Waals surface area contributed by atoms with Gasteiger partial charge in [-0.1, -0.05) is 19.9 Å². The van der Waals surface area contributed by atoms with E-state index in [1.807, 2.05) is 4.90 Å². The number of fused-ring (bicyclic) bond motifs is 1. The summed E-state index contributed by atoms with van der Waals surface area (Å²) in [6.45, 7) is 9.10. The van der Waals surface area contributed by atoms with Crippen molar-refractivity contribution in [3.05, 3.63) is 40.0 Å². The summed E-state index contributed by atoms with van der Waals surface area (Å²) in [7, 11) is 0. The molecule has 10 heteroatoms. The summed E-state index contributed by atoms with van der Waals surface area (Å²) in [5.74, 6) is 0.523. The van der Waals surface area contributed by atoms with Crippen molar-refractivity contribution in [2.75, 3.05) is 36.4 Å². The molecular weight excluding hydrogens is 493 g/mol. The van der Waals surface area contributed by atoms with Gasteiger partial charge in [0.2, 0.25) is 0 Å². The van der Waals surface area contributed by atoms with Gasteiger partial charge in [-0.25, -0.2) is 9.78 Å². The summed E-state index contributed by atoms with van der Waals surface area (Å²) in [6.07, 6.45) is 2.96. The Labute approximate surface area is 213 Å². The average molecular weight is 522 g/mol. The van der Waals surface area contributed by atoms with Gasteiger partial charge in [-0.15, -0.1) is 23.2 Å². The van der Waals surface area contributed by atoms with Crippen molar-refractivity contribution < 1.29 is 24.5 Å². The number of phenols is 2. The molecule has 1 heterocycles. The number of imidazole rings is 1. The molecule has 0 spiro atoms. The molecule has 0 bridgehead atoms. The highest BCUT2D eigenvalue weighted by molar-refractivity contribution is 6.18. The van der Waals surface area contributed by atoms with E-state index in [0.717, 1.165) is 24.8 Å². The van der Waals surface area contributed by atoms with Crippen molar-refractivity contribution in [1.82, 2.24) is 9.97 Å². The fraction of sp³-hybridized carbons (Fsp3) is 0.360. The number of carbonyl (C=O) groups is 1. The number of hydrogen-bond donors (Lipinski definition) is 3. The lowest BCUT2D eigenvalue weighted by Gasteiger charge is -2.25. The number of halogens is 2. The maximum atomic E-state index is 12.8. The van der Waals surface area contributed by atoms with Crippen LogP contribution in [0.1, 0.15) is 35.7 Å². The molecule has 188 valence electrons. The minimum Gasteiger partial charge on any atom is -0.505 e. The van der Waals surface area contributed by atoms with Crippen molar-refractivity contribution >= 4 is 58.7 Å². The fourth-order valence-electron chi connectivity index (χ4n) is 3.52. The molecule has 8 nitrogen and oxygen atoms in total. The summed E-state index contributed by atoms with van der Waals surface area (Å²) < 4.78 is 11.3. The van der Waals surface area contributed by atoms with Gasteiger partial charge in [0.25, 0.3) is 0 Å². The van der Waals surface area contributed by atoms with E-state index in [4.69, 9.17) is 32.7 Å². The first-order valence-corrected chi connectivity index (χ1v) is 12.3. The first kappa shape index (κ1) is 26.5. The molecule has 0 saturated carbocycles. The number of H-pyrrole nitrogens is 1. The van der Waals surface area contributed by atoms with Crippen LogP contribution >= 0.6 is 23.2 Å². The molecule has 1 aromatic heterocycles. The third kappa shape index (κ3) is 5.94. The minimum absolute atomic E-state index is 0.104. The molecule has 35 heavy (non-hydrogen) atoms. The highest BCUT2D eigenvalue weighted by atomic mass is 35.5. The van der Waals surface area contributed by atoms with Crippen LogP contribution in [0.5, 0.6) is 17.2 Å². The van der Waals surface area contributed by atoms with E-state index in [-0.39, 0.29) is 38.8 Å². The van der Waals surface area contributed by atoms with Gasteiger partial charge in [0, 0.05) is 35.6 Å². The van der Waals surface area contributed by atoms with Gasteiger partial charge in [0.05, 0.1) is 17.9 Å². The van der Waals surface area contributed by atoms with E-state index < -0.39 is 5.97 Å². The van der Waals surface area contributed by atoms with E-state index in [2.05, 4.69) is 23.5 Å². The molecule has 0 unspecified atom stereocenters. The number of ether oxygens (including phenoxy) is 2. The van der Waals surface area contributed by atoms with Crippen molar-refractivity contribution in [2.24, 2.45) is 0 Å². The molecule has 0 atom stereocenters. The van der Waals surface area contributed by atoms with Crippen LogP contribution in [-0.4, -0.2) is 57.6 Å². The van der Waals surface area contributed by atoms with Crippen LogP contribution in [0.4, 0.5) is 5.69 Å². The summed E-state index contributed by atoms with van der Waals surface area (Å²) in [6, 6.07) is 5.06. The predicted molar refractivity (Wildman–Crippen MR) is 139 cm³/mol. The molecule has 3 aromatic rings. The maximum Gasteiger partial charge on any atom is 0.343 e. The quantitative estimate of drug-likeness (QED) is 0.152. The number of unbranched alkanes of at least 4 members (excludes halogenated alkanes) is 1. The zero-order chi connectivity index (χ0) is 25.5. The zero-order valence-corrected chi connectivity index (χ0v) is 21.2. The number of hydrogen-bond acceptors (Lipinski definition) is 7. The Morgan fingerprint density at radius 3 is 2.60 bits per heavy atom. The highest BCUT2D eigenvalue weighted by Gasteiger charge is 2.17. The lowest BCUT2D eigenvalue weighted by atomic mass is 10.1. The fourth-order valence-corrected chi connectivity index (χ4v) is 3.93. The van der Waals surface area contributed by atoms with Crippen LogP contribution in [0.25, 0.3) is 23.9 Å². The normalized spacial score (nSPS) is 11.7. The van der Waals surface area contributed by atoms with Crippen LogP contribution in [0.2, 0.25) is 0 Å². The maximum absolute atomic E-state index is 12.8. The van der Waals surface area contributed by atoms with Crippen molar-refractivity contribution in [1.29, 1.82) is 0 Å². The van der Waals surface area contributed by atoms with Gasteiger partial charge in [0.15, 0.2) is 5.48 Å². The second-order valence-electron chi connectivity index (χ2n) is 7.92. The molecule has 3 N–H and O–H groups in total. The molecule has 0 aliphatic carbocycles. The van der Waals surface area contributed by atoms with Gasteiger partial charge < -0.3 is 29.6 Å². The molecule has 2 aromatic carbocycles. The largest absolute Gasteiger partial charge is 0.505 e. The van der Waals surface area contributed by atoms with Crippen molar-refractivity contribution in [3.8, 4) is 17.2 Å². The molecule has 0 amide bonds. The van der Waals surface area contributed by atoms with E-state index >= 15 is 0 Å². The summed E-state index contributed by atoms with van der Waals surface area (Å²) in [5, 5.41) is 20.9. The third-order valence-electron chi connectivity index (χ3n) is 5.56. The second-order valence-corrected chi connectivity index (χ2v) is 8.68. The lowest BCUT2D eigenvalue weighted by molar-refractivity contribution is 0.0704. The zero-order valence-electron chi connectivity index (χ0n) is 19.7. The lowest BCUT2D eigenvalue weighted by Crippen LogP contribution is -2.28. The molecule has 0 aliphatic rings. The number of carbonyl (C=O) groups excluding carboxylic acids is 1. The number of benzene rings is 2. The Morgan fingerprint density at radius 1 is 1.23 bits per heavy atom. The monoisotopic (exact) mass is 521 g/mol. The SMILES string of the molecule is C=c1c(C)c(O)c2nc(=COC(=O)c3ccc(N(CCCl)CCCl)c(OCCCC)c3)[nH]c2c1O. The number of aromatic nitrogens is 2. The topological polar surface area (TPSA) is 108 Å². The number of rotatable bonds is 11. The average Bonchev–Trinajstić information content (AvgIpc) is 3.29. The van der Waals surface area contributed by atoms with Crippen LogP contribution in [0.15, 0.2) is 18.2 Å². The Morgan fingerprint density at radius 2 is 1.94 bits per heavy atom. The summed E-state index contributed by atoms with van der Waals surface area (Å²) in [5.41, 5.74) is 2.00. The van der Waals surface area contributed by atoms with E-state index in [1.165, 1.54) is 0 Å². The number of aromatic hydroxyl groups is 2. The highest BCUT2D eigenvalue weighted by Crippen LogP contribution is 2.31. The Hall–Kier alpha value is -3.10. The minimum atomic E-state index is -0.624. The smallest absolute Gasteiger partial charge is 0.343 e. The Bertz CT molecular complexity index is 1300. The molecule has 0 aliphatic heterocycles. The molecule has 3 rings (SSSR count). The van der Waals surface area contributed by atoms with Gasteiger partial charge in [-0.3, -0.25) is 0 Å². The number of phenolic OH excluding ortho intramolecular Hbond substituents is 2. The molecule has 0 fully saturated rings. The van der Waals surface area contributed by atoms with Crippen LogP contribution in [-0.2, 0) is 4.74 Å². The second kappa shape index (κ2) is 12.0. The Balaban J connectivity index is 1.90. The number of anilines is 1. The first-order valence-electron chi connectivity index (χ1n) is 11.3. The number of nitrogens with one attached hydrogen (secondary N) is 1. The van der Waals surface area contributed by atoms with Gasteiger partial charge in [0.1, 0.15) is 34.5 Å². The van der Waals surface area contributed by atoms with E-state index in [9.17, 15) is 15.0 Å². The van der Waals surface area contributed by atoms with Crippen LogP contribution in [0.3, 0.4) is 0 Å². The van der Waals surface area contributed by atoms with Gasteiger partial charge >= 0.3 is 5.97 Å². The standard InChI is InChI=1S/C25H29Cl2N3O5/c1-4-5-12-34-19-13-17(6-7-18(19)30(10-8-26)11-9-27)25(33)35-14-20-28-21-22(29-20)24(32)16(3)15(2)23(21)31/h6-7,13-14,28,31-32H,2,4-5,8-12H2,1,3H3. The van der Waals surface area contributed by atoms with Crippen LogP contribution in [0, 0.1) is 6.92 Å². The van der Waals surface area contributed by atoms with Crippen molar-refractivity contribution in [3.63, 3.8) is 0 Å². The Kier molecular flexibility index (Phi) is 9.12. The number of alkyl halides is 2. The van der Waals surface area contributed by atoms with E-state index in [0.29, 0.717) is 42.8 Å². The summed E-state index contributed by atoms with van der Waals surface area (Å²) >= 11 is 11.9. The number of aromatic amines is 1. The van der Waals surface area contributed by atoms with Crippen molar-refractivity contribution in [2.45, 2.75) is 26.7 Å². The van der Waals surface area contributed by atoms with E-state index in [1.54, 1.807) is 25.1 Å². The summed E-state index contributed by atoms with van der Waals surface area (Å²) in [4.78, 5) is 21.8. The molecule has 0 saturated heterocycles.